The Balaban J connectivity index is 2.70. The van der Waals surface area contributed by atoms with Gasteiger partial charge in [0, 0.05) is 19.1 Å². The molecule has 1 aliphatic rings. The molecular formula is C15H30N2O2. The highest BCUT2D eigenvalue weighted by Crippen LogP contribution is 2.24. The van der Waals surface area contributed by atoms with Crippen LogP contribution in [0.1, 0.15) is 47.5 Å². The van der Waals surface area contributed by atoms with E-state index in [4.69, 9.17) is 4.74 Å². The first-order chi connectivity index (χ1) is 8.92. The number of carbonyl (C=O) groups is 1. The first-order valence-corrected chi connectivity index (χ1v) is 7.59. The Bertz CT molecular complexity index is 296. The topological polar surface area (TPSA) is 41.6 Å². The summed E-state index contributed by atoms with van der Waals surface area (Å²) in [5.74, 6) is 0.586. The van der Waals surface area contributed by atoms with Crippen molar-refractivity contribution in [1.82, 2.24) is 10.2 Å². The molecule has 1 rings (SSSR count). The van der Waals surface area contributed by atoms with E-state index in [0.717, 1.165) is 26.1 Å². The van der Waals surface area contributed by atoms with Crippen molar-refractivity contribution >= 4 is 5.97 Å². The van der Waals surface area contributed by atoms with E-state index in [1.54, 1.807) is 0 Å². The highest BCUT2D eigenvalue weighted by molar-refractivity contribution is 5.80. The fourth-order valence-electron chi connectivity index (χ4n) is 2.90. The molecule has 0 saturated carbocycles. The maximum atomic E-state index is 12.2. The zero-order valence-corrected chi connectivity index (χ0v) is 13.2. The van der Waals surface area contributed by atoms with Crippen molar-refractivity contribution in [1.29, 1.82) is 0 Å². The first kappa shape index (κ1) is 16.4. The molecule has 19 heavy (non-hydrogen) atoms. The van der Waals surface area contributed by atoms with E-state index in [-0.39, 0.29) is 5.97 Å². The maximum Gasteiger partial charge on any atom is 0.327 e. The lowest BCUT2D eigenvalue weighted by Crippen LogP contribution is -2.58. The molecule has 1 fully saturated rings. The van der Waals surface area contributed by atoms with Crippen LogP contribution < -0.4 is 5.32 Å². The van der Waals surface area contributed by atoms with Gasteiger partial charge in [0.15, 0.2) is 0 Å². The Hall–Kier alpha value is -0.610. The number of hydrogen-bond donors (Lipinski definition) is 1. The molecule has 1 aliphatic heterocycles. The van der Waals surface area contributed by atoms with Crippen molar-refractivity contribution in [2.45, 2.75) is 59.0 Å². The van der Waals surface area contributed by atoms with E-state index in [2.05, 4.69) is 31.0 Å². The predicted molar refractivity (Wildman–Crippen MR) is 78.1 cm³/mol. The van der Waals surface area contributed by atoms with E-state index in [0.29, 0.717) is 18.6 Å². The van der Waals surface area contributed by atoms with Gasteiger partial charge in [-0.3, -0.25) is 9.69 Å². The Morgan fingerprint density at radius 1 is 1.42 bits per heavy atom. The second kappa shape index (κ2) is 7.25. The summed E-state index contributed by atoms with van der Waals surface area (Å²) >= 11 is 0. The fourth-order valence-corrected chi connectivity index (χ4v) is 2.90. The zero-order valence-electron chi connectivity index (χ0n) is 13.2. The highest BCUT2D eigenvalue weighted by Gasteiger charge is 2.39. The van der Waals surface area contributed by atoms with Gasteiger partial charge in [0.2, 0.25) is 0 Å². The summed E-state index contributed by atoms with van der Waals surface area (Å²) in [5, 5.41) is 3.38. The summed E-state index contributed by atoms with van der Waals surface area (Å²) in [5.41, 5.74) is -0.593. The summed E-state index contributed by atoms with van der Waals surface area (Å²) < 4.78 is 5.25. The maximum absolute atomic E-state index is 12.2. The van der Waals surface area contributed by atoms with Crippen LogP contribution in [0.25, 0.3) is 0 Å². The van der Waals surface area contributed by atoms with Crippen molar-refractivity contribution in [3.05, 3.63) is 0 Å². The number of nitrogens with zero attached hydrogens (tertiary/aromatic N) is 1. The van der Waals surface area contributed by atoms with E-state index in [1.165, 1.54) is 6.42 Å². The normalized spacial score (nSPS) is 27.2. The van der Waals surface area contributed by atoms with E-state index < -0.39 is 5.54 Å². The van der Waals surface area contributed by atoms with Gasteiger partial charge in [0.05, 0.1) is 6.61 Å². The largest absolute Gasteiger partial charge is 0.465 e. The van der Waals surface area contributed by atoms with Gasteiger partial charge in [-0.2, -0.15) is 0 Å². The molecule has 3 atom stereocenters. The molecule has 0 aromatic carbocycles. The molecule has 1 heterocycles. The smallest absolute Gasteiger partial charge is 0.327 e. The van der Waals surface area contributed by atoms with Crippen LogP contribution in [0.3, 0.4) is 0 Å². The van der Waals surface area contributed by atoms with Crippen molar-refractivity contribution in [2.75, 3.05) is 26.2 Å². The van der Waals surface area contributed by atoms with Crippen LogP contribution in [-0.4, -0.2) is 48.7 Å². The molecule has 0 amide bonds. The molecule has 0 aliphatic carbocycles. The number of nitrogens with one attached hydrogen (secondary N) is 1. The molecule has 0 spiro atoms. The summed E-state index contributed by atoms with van der Waals surface area (Å²) in [4.78, 5) is 14.6. The van der Waals surface area contributed by atoms with Crippen LogP contribution in [0, 0.1) is 5.92 Å². The summed E-state index contributed by atoms with van der Waals surface area (Å²) in [6.07, 6.45) is 2.23. The molecule has 1 saturated heterocycles. The molecule has 0 bridgehead atoms. The van der Waals surface area contributed by atoms with Crippen LogP contribution in [0.15, 0.2) is 0 Å². The van der Waals surface area contributed by atoms with Gasteiger partial charge in [0.25, 0.3) is 0 Å². The van der Waals surface area contributed by atoms with Gasteiger partial charge >= 0.3 is 5.97 Å². The summed E-state index contributed by atoms with van der Waals surface area (Å²) in [6, 6.07) is 0.548. The third kappa shape index (κ3) is 4.46. The minimum Gasteiger partial charge on any atom is -0.465 e. The summed E-state index contributed by atoms with van der Waals surface area (Å²) in [7, 11) is 0. The molecular weight excluding hydrogens is 240 g/mol. The van der Waals surface area contributed by atoms with Crippen molar-refractivity contribution in [2.24, 2.45) is 5.92 Å². The Labute approximate surface area is 117 Å². The van der Waals surface area contributed by atoms with Crippen molar-refractivity contribution in [3.8, 4) is 0 Å². The van der Waals surface area contributed by atoms with E-state index >= 15 is 0 Å². The second-order valence-corrected chi connectivity index (χ2v) is 6.10. The number of esters is 1. The lowest BCUT2D eigenvalue weighted by atomic mass is 10.0. The molecule has 4 nitrogen and oxygen atoms in total. The molecule has 3 unspecified atom stereocenters. The van der Waals surface area contributed by atoms with Gasteiger partial charge in [0.1, 0.15) is 5.54 Å². The summed E-state index contributed by atoms with van der Waals surface area (Å²) in [6.45, 7) is 13.5. The average Bonchev–Trinajstić information content (AvgIpc) is 2.65. The number of hydrogen-bond acceptors (Lipinski definition) is 4. The Morgan fingerprint density at radius 2 is 2.11 bits per heavy atom. The van der Waals surface area contributed by atoms with Gasteiger partial charge in [-0.1, -0.05) is 13.8 Å². The lowest BCUT2D eigenvalue weighted by molar-refractivity contribution is -0.151. The monoisotopic (exact) mass is 270 g/mol. The molecule has 112 valence electrons. The standard InChI is InChI=1S/C15H30N2O2/c1-6-8-16-15(5,14(18)19-7-2)11-17-10-12(3)9-13(17)4/h12-13,16H,6-11H2,1-5H3. The second-order valence-electron chi connectivity index (χ2n) is 6.10. The van der Waals surface area contributed by atoms with Gasteiger partial charge in [-0.25, -0.2) is 0 Å². The number of likely N-dealkylation sites (tertiary alicyclic amines) is 1. The molecule has 0 aromatic heterocycles. The molecule has 0 radical (unpaired) electrons. The lowest BCUT2D eigenvalue weighted by Gasteiger charge is -2.34. The average molecular weight is 270 g/mol. The highest BCUT2D eigenvalue weighted by atomic mass is 16.5. The van der Waals surface area contributed by atoms with Crippen molar-refractivity contribution in [3.63, 3.8) is 0 Å². The third-order valence-corrected chi connectivity index (χ3v) is 3.92. The number of carbonyl (C=O) groups excluding carboxylic acids is 1. The van der Waals surface area contributed by atoms with Gasteiger partial charge < -0.3 is 10.1 Å². The number of rotatable bonds is 7. The fraction of sp³-hybridized carbons (Fsp3) is 0.933. The molecule has 0 aromatic rings. The SMILES string of the molecule is CCCNC(C)(CN1CC(C)CC1C)C(=O)OCC. The predicted octanol–water partition coefficient (Wildman–Crippen LogP) is 2.04. The van der Waals surface area contributed by atoms with Crippen LogP contribution in [0.5, 0.6) is 0 Å². The molecule has 1 N–H and O–H groups in total. The van der Waals surface area contributed by atoms with E-state index in [1.807, 2.05) is 13.8 Å². The minimum absolute atomic E-state index is 0.129. The Morgan fingerprint density at radius 3 is 2.58 bits per heavy atom. The quantitative estimate of drug-likeness (QED) is 0.719. The third-order valence-electron chi connectivity index (χ3n) is 3.92. The van der Waals surface area contributed by atoms with Crippen LogP contribution >= 0.6 is 0 Å². The zero-order chi connectivity index (χ0) is 14.5. The minimum atomic E-state index is -0.593. The number of ether oxygens (including phenoxy) is 1. The molecule has 4 heteroatoms. The van der Waals surface area contributed by atoms with Gasteiger partial charge in [-0.05, 0) is 46.1 Å². The van der Waals surface area contributed by atoms with Crippen LogP contribution in [-0.2, 0) is 9.53 Å². The van der Waals surface area contributed by atoms with Gasteiger partial charge in [-0.15, -0.1) is 0 Å². The Kier molecular flexibility index (Phi) is 6.27. The van der Waals surface area contributed by atoms with Crippen molar-refractivity contribution < 1.29 is 9.53 Å². The van der Waals surface area contributed by atoms with Crippen LogP contribution in [0.2, 0.25) is 0 Å². The van der Waals surface area contributed by atoms with Crippen LogP contribution in [0.4, 0.5) is 0 Å². The first-order valence-electron chi connectivity index (χ1n) is 7.59. The van der Waals surface area contributed by atoms with E-state index in [9.17, 15) is 4.79 Å².